The lowest BCUT2D eigenvalue weighted by Crippen LogP contribution is -2.30. The third kappa shape index (κ3) is 23.8. The van der Waals surface area contributed by atoms with Crippen molar-refractivity contribution < 1.29 is 28.5 Å². The predicted molar refractivity (Wildman–Crippen MR) is 159 cm³/mol. The maximum absolute atomic E-state index is 13.6. The van der Waals surface area contributed by atoms with Crippen molar-refractivity contribution in [2.75, 3.05) is 39.5 Å². The number of phosphoric acid groups is 1. The van der Waals surface area contributed by atoms with Crippen molar-refractivity contribution in [3.05, 3.63) is 0 Å². The van der Waals surface area contributed by atoms with Crippen LogP contribution in [-0.4, -0.2) is 54.8 Å². The Morgan fingerprint density at radius 2 is 1.03 bits per heavy atom. The zero-order valence-corrected chi connectivity index (χ0v) is 26.3. The Morgan fingerprint density at radius 3 is 1.47 bits per heavy atom. The number of phosphoric ester groups is 1. The molecular weight excluding hydrogens is 501 g/mol. The molecule has 7 nitrogen and oxygen atoms in total. The summed E-state index contributed by atoms with van der Waals surface area (Å²) in [6.07, 6.45) is 23.9. The van der Waals surface area contributed by atoms with E-state index in [0.717, 1.165) is 44.9 Å². The third-order valence-electron chi connectivity index (χ3n) is 7.06. The first-order chi connectivity index (χ1) is 18.5. The summed E-state index contributed by atoms with van der Waals surface area (Å²) in [4.78, 5) is 0. The van der Waals surface area contributed by atoms with Gasteiger partial charge >= 0.3 is 7.82 Å². The van der Waals surface area contributed by atoms with Crippen molar-refractivity contribution in [2.45, 2.75) is 149 Å². The molecule has 1 atom stereocenters. The zero-order chi connectivity index (χ0) is 28.2. The fraction of sp³-hybridized carbons (Fsp3) is 1.00. The predicted octanol–water partition coefficient (Wildman–Crippen LogP) is 8.82. The number of rotatable bonds is 31. The smallest absolute Gasteiger partial charge is 0.395 e. The molecule has 0 saturated heterocycles. The number of hydroxylamine groups is 2. The maximum Gasteiger partial charge on any atom is 0.491 e. The Kier molecular flexibility index (Phi) is 28.5. The molecule has 0 heterocycles. The minimum absolute atomic E-state index is 0.132. The molecule has 230 valence electrons. The fourth-order valence-electron chi connectivity index (χ4n) is 4.64. The minimum atomic E-state index is -3.85. The van der Waals surface area contributed by atoms with E-state index in [2.05, 4.69) is 20.8 Å². The van der Waals surface area contributed by atoms with Gasteiger partial charge in [0.2, 0.25) is 0 Å². The molecule has 0 amide bonds. The standard InChI is InChI=1S/C30H64NO6P/c1-4-7-10-13-14-15-16-17-18-21-28-35-38(34,37-31(24-26-32)25-27-33)36-29-30(22-19-11-8-5-2)23-20-12-9-6-3/h30,32-33H,4-29H2,1-3H3. The summed E-state index contributed by atoms with van der Waals surface area (Å²) >= 11 is 0. The van der Waals surface area contributed by atoms with E-state index < -0.39 is 7.82 Å². The Bertz CT molecular complexity index is 507. The highest BCUT2D eigenvalue weighted by atomic mass is 31.2. The van der Waals surface area contributed by atoms with Crippen molar-refractivity contribution >= 4 is 7.82 Å². The molecule has 0 fully saturated rings. The van der Waals surface area contributed by atoms with Gasteiger partial charge in [-0.1, -0.05) is 130 Å². The maximum atomic E-state index is 13.6. The lowest BCUT2D eigenvalue weighted by Gasteiger charge is -2.27. The van der Waals surface area contributed by atoms with Gasteiger partial charge in [-0.2, -0.15) is 9.69 Å². The number of unbranched alkanes of at least 4 members (excludes halogenated alkanes) is 15. The summed E-state index contributed by atoms with van der Waals surface area (Å²) in [5.41, 5.74) is 0. The summed E-state index contributed by atoms with van der Waals surface area (Å²) in [7, 11) is -3.85. The molecule has 0 aromatic rings. The van der Waals surface area contributed by atoms with E-state index >= 15 is 0 Å². The highest BCUT2D eigenvalue weighted by Gasteiger charge is 2.31. The monoisotopic (exact) mass is 565 g/mol. The van der Waals surface area contributed by atoms with Crippen LogP contribution in [0.15, 0.2) is 0 Å². The molecule has 0 spiro atoms. The number of aliphatic hydroxyl groups is 2. The minimum Gasteiger partial charge on any atom is -0.395 e. The van der Waals surface area contributed by atoms with Crippen LogP contribution < -0.4 is 0 Å². The highest BCUT2D eigenvalue weighted by molar-refractivity contribution is 7.48. The van der Waals surface area contributed by atoms with Gasteiger partial charge in [-0.25, -0.2) is 4.57 Å². The molecule has 0 aromatic heterocycles. The average molecular weight is 566 g/mol. The van der Waals surface area contributed by atoms with Crippen LogP contribution in [0.25, 0.3) is 0 Å². The van der Waals surface area contributed by atoms with Gasteiger partial charge in [0.25, 0.3) is 0 Å². The summed E-state index contributed by atoms with van der Waals surface area (Å²) < 4.78 is 31.0. The Labute approximate surface area is 236 Å². The second-order valence-corrected chi connectivity index (χ2v) is 12.4. The summed E-state index contributed by atoms with van der Waals surface area (Å²) in [6, 6.07) is 0. The Hall–Kier alpha value is -0.0100. The zero-order valence-electron chi connectivity index (χ0n) is 25.4. The molecule has 0 bridgehead atoms. The molecule has 0 rings (SSSR count). The molecule has 38 heavy (non-hydrogen) atoms. The highest BCUT2D eigenvalue weighted by Crippen LogP contribution is 2.51. The molecule has 8 heteroatoms. The Morgan fingerprint density at radius 1 is 0.605 bits per heavy atom. The van der Waals surface area contributed by atoms with E-state index in [1.54, 1.807) is 0 Å². The van der Waals surface area contributed by atoms with Crippen LogP contribution in [0.4, 0.5) is 0 Å². The molecule has 2 N–H and O–H groups in total. The van der Waals surface area contributed by atoms with Gasteiger partial charge in [-0.3, -0.25) is 9.05 Å². The molecule has 1 unspecified atom stereocenters. The summed E-state index contributed by atoms with van der Waals surface area (Å²) in [5.74, 6) is 0.325. The van der Waals surface area contributed by atoms with Crippen LogP contribution in [-0.2, 0) is 18.2 Å². The van der Waals surface area contributed by atoms with Gasteiger partial charge in [-0.05, 0) is 25.2 Å². The molecular formula is C30H64NO6P. The van der Waals surface area contributed by atoms with Gasteiger partial charge in [0.05, 0.1) is 26.4 Å². The van der Waals surface area contributed by atoms with Crippen LogP contribution in [0.2, 0.25) is 0 Å². The van der Waals surface area contributed by atoms with E-state index in [4.69, 9.17) is 13.7 Å². The lowest BCUT2D eigenvalue weighted by atomic mass is 9.95. The van der Waals surface area contributed by atoms with Gasteiger partial charge in [0, 0.05) is 13.1 Å². The van der Waals surface area contributed by atoms with Crippen LogP contribution in [0.3, 0.4) is 0 Å². The Balaban J connectivity index is 4.77. The van der Waals surface area contributed by atoms with E-state index in [1.165, 1.54) is 88.5 Å². The lowest BCUT2D eigenvalue weighted by molar-refractivity contribution is -0.106. The molecule has 0 aliphatic carbocycles. The van der Waals surface area contributed by atoms with Crippen molar-refractivity contribution in [2.24, 2.45) is 5.92 Å². The van der Waals surface area contributed by atoms with Crippen LogP contribution in [0, 0.1) is 5.92 Å². The first-order valence-corrected chi connectivity index (χ1v) is 17.6. The van der Waals surface area contributed by atoms with Gasteiger partial charge in [-0.15, -0.1) is 0 Å². The largest absolute Gasteiger partial charge is 0.491 e. The summed E-state index contributed by atoms with van der Waals surface area (Å²) in [5, 5.41) is 20.0. The van der Waals surface area contributed by atoms with E-state index in [9.17, 15) is 14.8 Å². The SMILES string of the molecule is CCCCCCCCCCCCOP(=O)(OCC(CCCCCC)CCCCCC)ON(CCO)CCO. The second-order valence-electron chi connectivity index (χ2n) is 10.8. The molecule has 0 aromatic carbocycles. The van der Waals surface area contributed by atoms with Crippen LogP contribution >= 0.6 is 7.82 Å². The molecule has 0 aliphatic heterocycles. The van der Waals surface area contributed by atoms with Crippen molar-refractivity contribution in [1.29, 1.82) is 0 Å². The second kappa shape index (κ2) is 28.5. The fourth-order valence-corrected chi connectivity index (χ4v) is 6.00. The normalized spacial score (nSPS) is 13.6. The van der Waals surface area contributed by atoms with Gasteiger partial charge in [0.1, 0.15) is 0 Å². The number of hydrogen-bond acceptors (Lipinski definition) is 7. The van der Waals surface area contributed by atoms with E-state index in [1.807, 2.05) is 0 Å². The van der Waals surface area contributed by atoms with Crippen LogP contribution in [0.1, 0.15) is 149 Å². The van der Waals surface area contributed by atoms with Crippen molar-refractivity contribution in [3.63, 3.8) is 0 Å². The first-order valence-electron chi connectivity index (χ1n) is 16.1. The molecule has 0 saturated carbocycles. The molecule has 0 radical (unpaired) electrons. The van der Waals surface area contributed by atoms with E-state index in [-0.39, 0.29) is 26.3 Å². The summed E-state index contributed by atoms with van der Waals surface area (Å²) in [6.45, 7) is 7.27. The number of hydrogen-bond donors (Lipinski definition) is 2. The topological polar surface area (TPSA) is 88.5 Å². The number of aliphatic hydroxyl groups excluding tert-OH is 2. The third-order valence-corrected chi connectivity index (χ3v) is 8.46. The quantitative estimate of drug-likeness (QED) is 0.0493. The molecule has 0 aliphatic rings. The van der Waals surface area contributed by atoms with Gasteiger partial charge < -0.3 is 10.2 Å². The first kappa shape index (κ1) is 38.0. The number of nitrogens with zero attached hydrogens (tertiary/aromatic N) is 1. The van der Waals surface area contributed by atoms with Crippen molar-refractivity contribution in [1.82, 2.24) is 5.06 Å². The van der Waals surface area contributed by atoms with E-state index in [0.29, 0.717) is 19.1 Å². The van der Waals surface area contributed by atoms with Crippen molar-refractivity contribution in [3.8, 4) is 0 Å². The van der Waals surface area contributed by atoms with Gasteiger partial charge in [0.15, 0.2) is 0 Å². The average Bonchev–Trinajstić information content (AvgIpc) is 2.90. The van der Waals surface area contributed by atoms with Crippen LogP contribution in [0.5, 0.6) is 0 Å².